The highest BCUT2D eigenvalue weighted by Gasteiger charge is 2.24. The molecule has 1 heterocycles. The number of nitrogens with one attached hydrogen (secondary N) is 2. The quantitative estimate of drug-likeness (QED) is 0.511. The molecule has 1 atom stereocenters. The standard InChI is InChI=1S/C21H33FN4O2/c1-2-23-21(25-18-7-9-19(27)10-8-18)24-15-20(26-11-13-28-14-12-26)16-3-5-17(22)6-4-16/h3-6,18-20,27H,2,7-15H2,1H3,(H2,23,24,25). The number of aliphatic hydroxyl groups excluding tert-OH is 1. The van der Waals surface area contributed by atoms with Gasteiger partial charge in [0.25, 0.3) is 0 Å². The van der Waals surface area contributed by atoms with Gasteiger partial charge in [0.2, 0.25) is 0 Å². The second-order valence-electron chi connectivity index (χ2n) is 7.59. The lowest BCUT2D eigenvalue weighted by Crippen LogP contribution is -2.46. The number of rotatable bonds is 6. The van der Waals surface area contributed by atoms with Gasteiger partial charge in [0, 0.05) is 25.7 Å². The second kappa shape index (κ2) is 10.7. The van der Waals surface area contributed by atoms with Crippen molar-refractivity contribution < 1.29 is 14.2 Å². The number of halogens is 1. The van der Waals surface area contributed by atoms with Crippen molar-refractivity contribution in [2.75, 3.05) is 39.4 Å². The molecule has 0 aromatic heterocycles. The number of aliphatic hydroxyl groups is 1. The smallest absolute Gasteiger partial charge is 0.191 e. The third kappa shape index (κ3) is 6.15. The van der Waals surface area contributed by atoms with E-state index in [1.165, 1.54) is 12.1 Å². The van der Waals surface area contributed by atoms with Crippen molar-refractivity contribution in [2.45, 2.75) is 50.8 Å². The SMILES string of the molecule is CCNC(=NCC(c1ccc(F)cc1)N1CCOCC1)NC1CCC(O)CC1. The van der Waals surface area contributed by atoms with Crippen molar-refractivity contribution in [3.8, 4) is 0 Å². The summed E-state index contributed by atoms with van der Waals surface area (Å²) < 4.78 is 18.9. The molecule has 156 valence electrons. The maximum absolute atomic E-state index is 13.4. The Balaban J connectivity index is 1.70. The largest absolute Gasteiger partial charge is 0.393 e. The van der Waals surface area contributed by atoms with Crippen LogP contribution in [0.1, 0.15) is 44.2 Å². The highest BCUT2D eigenvalue weighted by molar-refractivity contribution is 5.80. The highest BCUT2D eigenvalue weighted by atomic mass is 19.1. The van der Waals surface area contributed by atoms with Crippen molar-refractivity contribution in [1.29, 1.82) is 0 Å². The maximum atomic E-state index is 13.4. The molecule has 7 heteroatoms. The molecule has 2 fully saturated rings. The molecular formula is C21H33FN4O2. The molecule has 3 N–H and O–H groups in total. The third-order valence-corrected chi connectivity index (χ3v) is 5.55. The molecular weight excluding hydrogens is 359 g/mol. The summed E-state index contributed by atoms with van der Waals surface area (Å²) in [6.07, 6.45) is 3.42. The van der Waals surface area contributed by atoms with E-state index in [0.717, 1.165) is 56.8 Å². The van der Waals surface area contributed by atoms with Gasteiger partial charge in [0.05, 0.1) is 31.9 Å². The van der Waals surface area contributed by atoms with E-state index in [1.54, 1.807) is 0 Å². The van der Waals surface area contributed by atoms with Crippen LogP contribution in [0.25, 0.3) is 0 Å². The molecule has 2 aliphatic rings. The van der Waals surface area contributed by atoms with Crippen LogP contribution in [0.4, 0.5) is 4.39 Å². The lowest BCUT2D eigenvalue weighted by atomic mass is 9.93. The summed E-state index contributed by atoms with van der Waals surface area (Å²) in [5.41, 5.74) is 1.07. The van der Waals surface area contributed by atoms with Gasteiger partial charge < -0.3 is 20.5 Å². The lowest BCUT2D eigenvalue weighted by molar-refractivity contribution is 0.0179. The van der Waals surface area contributed by atoms with E-state index >= 15 is 0 Å². The van der Waals surface area contributed by atoms with E-state index in [1.807, 2.05) is 12.1 Å². The monoisotopic (exact) mass is 392 g/mol. The molecule has 1 aromatic rings. The molecule has 0 radical (unpaired) electrons. The van der Waals surface area contributed by atoms with Gasteiger partial charge in [-0.25, -0.2) is 4.39 Å². The number of hydrogen-bond acceptors (Lipinski definition) is 4. The fourth-order valence-corrected chi connectivity index (χ4v) is 3.92. The molecule has 1 unspecified atom stereocenters. The van der Waals surface area contributed by atoms with E-state index in [2.05, 4.69) is 22.5 Å². The summed E-state index contributed by atoms with van der Waals surface area (Å²) in [5, 5.41) is 16.6. The first-order valence-electron chi connectivity index (χ1n) is 10.5. The highest BCUT2D eigenvalue weighted by Crippen LogP contribution is 2.23. The molecule has 0 bridgehead atoms. The summed E-state index contributed by atoms with van der Waals surface area (Å²) in [6, 6.07) is 7.18. The first-order chi connectivity index (χ1) is 13.7. The Kier molecular flexibility index (Phi) is 8.06. The molecule has 1 aliphatic heterocycles. The first-order valence-corrected chi connectivity index (χ1v) is 10.5. The van der Waals surface area contributed by atoms with Crippen molar-refractivity contribution in [3.05, 3.63) is 35.6 Å². The number of ether oxygens (including phenoxy) is 1. The number of hydrogen-bond donors (Lipinski definition) is 3. The van der Waals surface area contributed by atoms with Crippen molar-refractivity contribution >= 4 is 5.96 Å². The van der Waals surface area contributed by atoms with Gasteiger partial charge in [0.15, 0.2) is 5.96 Å². The summed E-state index contributed by atoms with van der Waals surface area (Å²) in [5.74, 6) is 0.590. The van der Waals surface area contributed by atoms with E-state index in [9.17, 15) is 9.50 Å². The van der Waals surface area contributed by atoms with Gasteiger partial charge in [-0.15, -0.1) is 0 Å². The van der Waals surface area contributed by atoms with Crippen LogP contribution < -0.4 is 10.6 Å². The van der Waals surface area contributed by atoms with Gasteiger partial charge in [-0.1, -0.05) is 12.1 Å². The number of aliphatic imine (C=N–C) groups is 1. The van der Waals surface area contributed by atoms with Crippen molar-refractivity contribution in [3.63, 3.8) is 0 Å². The zero-order valence-electron chi connectivity index (χ0n) is 16.7. The molecule has 0 amide bonds. The zero-order valence-corrected chi connectivity index (χ0v) is 16.7. The Hall–Kier alpha value is -1.70. The summed E-state index contributed by atoms with van der Waals surface area (Å²) in [7, 11) is 0. The first kappa shape index (κ1) is 21.0. The minimum absolute atomic E-state index is 0.0909. The van der Waals surface area contributed by atoms with Gasteiger partial charge in [-0.2, -0.15) is 0 Å². The zero-order chi connectivity index (χ0) is 19.8. The van der Waals surface area contributed by atoms with Gasteiger partial charge in [-0.05, 0) is 50.3 Å². The van der Waals surface area contributed by atoms with E-state index in [0.29, 0.717) is 25.8 Å². The van der Waals surface area contributed by atoms with Gasteiger partial charge >= 0.3 is 0 Å². The summed E-state index contributed by atoms with van der Waals surface area (Å²) in [6.45, 7) is 6.57. The minimum Gasteiger partial charge on any atom is -0.393 e. The molecule has 1 saturated heterocycles. The van der Waals surface area contributed by atoms with Crippen LogP contribution >= 0.6 is 0 Å². The molecule has 3 rings (SSSR count). The normalized spacial score (nSPS) is 25.3. The average molecular weight is 393 g/mol. The Morgan fingerprint density at radius 3 is 2.54 bits per heavy atom. The minimum atomic E-state index is -0.220. The molecule has 1 saturated carbocycles. The van der Waals surface area contributed by atoms with Gasteiger partial charge in [0.1, 0.15) is 5.82 Å². The van der Waals surface area contributed by atoms with Crippen LogP contribution in [0.15, 0.2) is 29.3 Å². The van der Waals surface area contributed by atoms with Crippen LogP contribution in [-0.4, -0.2) is 67.5 Å². The molecule has 1 aliphatic carbocycles. The second-order valence-corrected chi connectivity index (χ2v) is 7.59. The van der Waals surface area contributed by atoms with Crippen LogP contribution in [0, 0.1) is 5.82 Å². The Morgan fingerprint density at radius 1 is 1.21 bits per heavy atom. The Morgan fingerprint density at radius 2 is 1.89 bits per heavy atom. The van der Waals surface area contributed by atoms with Crippen LogP contribution in [0.3, 0.4) is 0 Å². The predicted molar refractivity (Wildman–Crippen MR) is 109 cm³/mol. The molecule has 28 heavy (non-hydrogen) atoms. The molecule has 6 nitrogen and oxygen atoms in total. The van der Waals surface area contributed by atoms with Gasteiger partial charge in [-0.3, -0.25) is 9.89 Å². The third-order valence-electron chi connectivity index (χ3n) is 5.55. The van der Waals surface area contributed by atoms with Crippen LogP contribution in [0.2, 0.25) is 0 Å². The lowest BCUT2D eigenvalue weighted by Gasteiger charge is -2.34. The Labute approximate surface area is 167 Å². The Bertz CT molecular complexity index is 611. The summed E-state index contributed by atoms with van der Waals surface area (Å²) >= 11 is 0. The number of morpholine rings is 1. The van der Waals surface area contributed by atoms with E-state index in [-0.39, 0.29) is 18.0 Å². The number of nitrogens with zero attached hydrogens (tertiary/aromatic N) is 2. The molecule has 1 aromatic carbocycles. The fourth-order valence-electron chi connectivity index (χ4n) is 3.92. The topological polar surface area (TPSA) is 69.1 Å². The molecule has 0 spiro atoms. The van der Waals surface area contributed by atoms with Crippen LogP contribution in [0.5, 0.6) is 0 Å². The average Bonchev–Trinajstić information content (AvgIpc) is 2.72. The fraction of sp³-hybridized carbons (Fsp3) is 0.667. The van der Waals surface area contributed by atoms with E-state index < -0.39 is 0 Å². The predicted octanol–water partition coefficient (Wildman–Crippen LogP) is 2.06. The van der Waals surface area contributed by atoms with E-state index in [4.69, 9.17) is 9.73 Å². The van der Waals surface area contributed by atoms with Crippen molar-refractivity contribution in [2.24, 2.45) is 4.99 Å². The van der Waals surface area contributed by atoms with Crippen molar-refractivity contribution in [1.82, 2.24) is 15.5 Å². The maximum Gasteiger partial charge on any atom is 0.191 e. The summed E-state index contributed by atoms with van der Waals surface area (Å²) in [4.78, 5) is 7.22. The van der Waals surface area contributed by atoms with Crippen LogP contribution in [-0.2, 0) is 4.74 Å². The number of guanidine groups is 1. The number of benzene rings is 1.